The summed E-state index contributed by atoms with van der Waals surface area (Å²) < 4.78 is 5.19. The number of methoxy groups -OCH3 is 1. The van der Waals surface area contributed by atoms with Gasteiger partial charge in [-0.3, -0.25) is 9.78 Å². The summed E-state index contributed by atoms with van der Waals surface area (Å²) in [6.45, 7) is 7.61. The van der Waals surface area contributed by atoms with E-state index in [1.807, 2.05) is 26.0 Å². The van der Waals surface area contributed by atoms with Gasteiger partial charge in [-0.05, 0) is 56.7 Å². The first kappa shape index (κ1) is 13.3. The Balaban J connectivity index is 2.41. The highest BCUT2D eigenvalue weighted by Crippen LogP contribution is 2.21. The van der Waals surface area contributed by atoms with Crippen molar-refractivity contribution in [1.29, 1.82) is 0 Å². The van der Waals surface area contributed by atoms with Crippen LogP contribution in [-0.2, 0) is 0 Å². The topological polar surface area (TPSA) is 39.2 Å². The van der Waals surface area contributed by atoms with Gasteiger partial charge >= 0.3 is 0 Å². The van der Waals surface area contributed by atoms with E-state index in [-0.39, 0.29) is 5.78 Å². The standard InChI is InChI=1S/C16H16NO2/c1-10-9-13(6-8-15(10)19-4)16(18)14-7-5-11(2)17-12(14)3/h5-9H,3H2,1-2,4H3. The normalized spacial score (nSPS) is 10.3. The molecule has 97 valence electrons. The van der Waals surface area contributed by atoms with E-state index in [4.69, 9.17) is 4.74 Å². The Bertz CT molecular complexity index is 633. The van der Waals surface area contributed by atoms with Gasteiger partial charge in [-0.2, -0.15) is 0 Å². The van der Waals surface area contributed by atoms with E-state index in [0.29, 0.717) is 16.8 Å². The second kappa shape index (κ2) is 5.22. The van der Waals surface area contributed by atoms with Crippen LogP contribution in [0.1, 0.15) is 32.9 Å². The molecule has 19 heavy (non-hydrogen) atoms. The van der Waals surface area contributed by atoms with Crippen LogP contribution >= 0.6 is 0 Å². The molecule has 1 radical (unpaired) electrons. The van der Waals surface area contributed by atoms with Crippen LogP contribution < -0.4 is 4.74 Å². The van der Waals surface area contributed by atoms with Crippen LogP contribution in [0.25, 0.3) is 0 Å². The van der Waals surface area contributed by atoms with E-state index >= 15 is 0 Å². The number of aromatic nitrogens is 1. The first-order chi connectivity index (χ1) is 9.02. The molecule has 0 aliphatic carbocycles. The largest absolute Gasteiger partial charge is 0.496 e. The molecule has 0 aliphatic rings. The zero-order valence-corrected chi connectivity index (χ0v) is 11.4. The van der Waals surface area contributed by atoms with Gasteiger partial charge in [0.2, 0.25) is 0 Å². The van der Waals surface area contributed by atoms with E-state index in [2.05, 4.69) is 11.9 Å². The molecular formula is C16H16NO2. The number of pyridine rings is 1. The number of rotatable bonds is 3. The van der Waals surface area contributed by atoms with Gasteiger partial charge in [0.05, 0.1) is 12.8 Å². The number of carbonyl (C=O) groups excluding carboxylic acids is 1. The van der Waals surface area contributed by atoms with Gasteiger partial charge in [-0.25, -0.2) is 0 Å². The molecule has 0 N–H and O–H groups in total. The fraction of sp³-hybridized carbons (Fsp3) is 0.188. The molecule has 1 heterocycles. The predicted octanol–water partition coefficient (Wildman–Crippen LogP) is 3.12. The Hall–Kier alpha value is -2.16. The zero-order valence-electron chi connectivity index (χ0n) is 11.4. The van der Waals surface area contributed by atoms with Crippen molar-refractivity contribution in [2.24, 2.45) is 0 Å². The number of hydrogen-bond acceptors (Lipinski definition) is 3. The van der Waals surface area contributed by atoms with Crippen molar-refractivity contribution in [3.63, 3.8) is 0 Å². The number of ketones is 1. The fourth-order valence-electron chi connectivity index (χ4n) is 1.99. The Labute approximate surface area is 113 Å². The van der Waals surface area contributed by atoms with Crippen molar-refractivity contribution in [1.82, 2.24) is 4.98 Å². The Morgan fingerprint density at radius 2 is 1.95 bits per heavy atom. The van der Waals surface area contributed by atoms with Crippen molar-refractivity contribution in [3.05, 3.63) is 65.3 Å². The average molecular weight is 254 g/mol. The highest BCUT2D eigenvalue weighted by Gasteiger charge is 2.13. The second-order valence-corrected chi connectivity index (χ2v) is 4.46. The zero-order chi connectivity index (χ0) is 14.0. The number of carbonyl (C=O) groups is 1. The summed E-state index contributed by atoms with van der Waals surface area (Å²) in [7, 11) is 1.61. The summed E-state index contributed by atoms with van der Waals surface area (Å²) in [4.78, 5) is 16.6. The predicted molar refractivity (Wildman–Crippen MR) is 74.6 cm³/mol. The van der Waals surface area contributed by atoms with Crippen LogP contribution in [0, 0.1) is 20.8 Å². The number of ether oxygens (including phenoxy) is 1. The van der Waals surface area contributed by atoms with Crippen LogP contribution in [0.3, 0.4) is 0 Å². The van der Waals surface area contributed by atoms with Crippen LogP contribution in [0.15, 0.2) is 30.3 Å². The fourth-order valence-corrected chi connectivity index (χ4v) is 1.99. The Morgan fingerprint density at radius 3 is 2.53 bits per heavy atom. The Morgan fingerprint density at radius 1 is 1.21 bits per heavy atom. The lowest BCUT2D eigenvalue weighted by Crippen LogP contribution is -2.06. The molecule has 0 saturated heterocycles. The molecule has 3 heteroatoms. The summed E-state index contributed by atoms with van der Waals surface area (Å²) in [6.07, 6.45) is 0. The molecule has 0 unspecified atom stereocenters. The molecule has 1 aromatic carbocycles. The summed E-state index contributed by atoms with van der Waals surface area (Å²) in [6, 6.07) is 8.96. The maximum Gasteiger partial charge on any atom is 0.194 e. The smallest absolute Gasteiger partial charge is 0.194 e. The molecule has 1 aromatic heterocycles. The maximum absolute atomic E-state index is 12.4. The van der Waals surface area contributed by atoms with Crippen LogP contribution in [0.5, 0.6) is 5.75 Å². The molecule has 0 aliphatic heterocycles. The van der Waals surface area contributed by atoms with Gasteiger partial charge in [-0.1, -0.05) is 0 Å². The summed E-state index contributed by atoms with van der Waals surface area (Å²) in [5, 5.41) is 0. The van der Waals surface area contributed by atoms with Crippen LogP contribution in [0.4, 0.5) is 0 Å². The average Bonchev–Trinajstić information content (AvgIpc) is 2.38. The van der Waals surface area contributed by atoms with Gasteiger partial charge in [0.25, 0.3) is 0 Å². The lowest BCUT2D eigenvalue weighted by molar-refractivity contribution is 0.103. The number of aryl methyl sites for hydroxylation is 2. The lowest BCUT2D eigenvalue weighted by atomic mass is 10.00. The third-order valence-electron chi connectivity index (χ3n) is 3.02. The Kier molecular flexibility index (Phi) is 3.65. The van der Waals surface area contributed by atoms with Crippen molar-refractivity contribution >= 4 is 5.78 Å². The van der Waals surface area contributed by atoms with Gasteiger partial charge in [-0.15, -0.1) is 0 Å². The van der Waals surface area contributed by atoms with Crippen molar-refractivity contribution < 1.29 is 9.53 Å². The number of hydrogen-bond donors (Lipinski definition) is 0. The van der Waals surface area contributed by atoms with E-state index in [1.165, 1.54) is 0 Å². The molecule has 0 saturated carbocycles. The van der Waals surface area contributed by atoms with Crippen molar-refractivity contribution in [2.45, 2.75) is 13.8 Å². The lowest BCUT2D eigenvalue weighted by Gasteiger charge is -2.08. The number of benzene rings is 1. The quantitative estimate of drug-likeness (QED) is 0.790. The van der Waals surface area contributed by atoms with Crippen molar-refractivity contribution in [2.75, 3.05) is 7.11 Å². The van der Waals surface area contributed by atoms with Gasteiger partial charge in [0, 0.05) is 16.8 Å². The van der Waals surface area contributed by atoms with Crippen LogP contribution in [-0.4, -0.2) is 17.9 Å². The third-order valence-corrected chi connectivity index (χ3v) is 3.02. The van der Waals surface area contributed by atoms with E-state index in [9.17, 15) is 4.79 Å². The minimum Gasteiger partial charge on any atom is -0.496 e. The molecule has 0 bridgehead atoms. The monoisotopic (exact) mass is 254 g/mol. The van der Waals surface area contributed by atoms with Crippen LogP contribution in [0.2, 0.25) is 0 Å². The van der Waals surface area contributed by atoms with Gasteiger partial charge in [0.1, 0.15) is 5.75 Å². The first-order valence-electron chi connectivity index (χ1n) is 6.02. The molecule has 2 rings (SSSR count). The highest BCUT2D eigenvalue weighted by atomic mass is 16.5. The molecule has 0 atom stereocenters. The molecule has 0 amide bonds. The summed E-state index contributed by atoms with van der Waals surface area (Å²) >= 11 is 0. The first-order valence-corrected chi connectivity index (χ1v) is 6.02. The van der Waals surface area contributed by atoms with E-state index < -0.39 is 0 Å². The minimum atomic E-state index is -0.0664. The minimum absolute atomic E-state index is 0.0664. The van der Waals surface area contributed by atoms with Gasteiger partial charge < -0.3 is 4.74 Å². The molecule has 0 spiro atoms. The van der Waals surface area contributed by atoms with Gasteiger partial charge in [0.15, 0.2) is 5.78 Å². The second-order valence-electron chi connectivity index (χ2n) is 4.46. The molecule has 2 aromatic rings. The summed E-state index contributed by atoms with van der Waals surface area (Å²) in [5.74, 6) is 0.705. The van der Waals surface area contributed by atoms with Crippen molar-refractivity contribution in [3.8, 4) is 5.75 Å². The summed E-state index contributed by atoms with van der Waals surface area (Å²) in [5.41, 5.74) is 3.45. The van der Waals surface area contributed by atoms with E-state index in [0.717, 1.165) is 17.0 Å². The molecule has 3 nitrogen and oxygen atoms in total. The third kappa shape index (κ3) is 2.65. The van der Waals surface area contributed by atoms with E-state index in [1.54, 1.807) is 25.3 Å². The number of nitrogens with zero attached hydrogens (tertiary/aromatic N) is 1. The molecular weight excluding hydrogens is 238 g/mol. The SMILES string of the molecule is [CH2]c1nc(C)ccc1C(=O)c1ccc(OC)c(C)c1. The maximum atomic E-state index is 12.4. The molecule has 0 fully saturated rings. The highest BCUT2D eigenvalue weighted by molar-refractivity contribution is 6.10.